The summed E-state index contributed by atoms with van der Waals surface area (Å²) in [7, 11) is 0. The highest BCUT2D eigenvalue weighted by atomic mass is 16.3. The maximum Gasteiger partial charge on any atom is 0.137 e. The summed E-state index contributed by atoms with van der Waals surface area (Å²) in [4.78, 5) is 2.26. The van der Waals surface area contributed by atoms with Crippen LogP contribution in [0.2, 0.25) is 0 Å². The SMILES string of the molecule is C(=C\c1ccc2c(c1)oc1cc(N(c3ccccc3)c3ccccc3)ccc12)/c1ccc(-c2cccc3c(-c4ccccc4)ccc(-c4ccccc4)c23)cc1. The van der Waals surface area contributed by atoms with Crippen LogP contribution < -0.4 is 4.90 Å². The molecule has 2 heteroatoms. The van der Waals surface area contributed by atoms with Gasteiger partial charge in [-0.15, -0.1) is 0 Å². The lowest BCUT2D eigenvalue weighted by molar-refractivity contribution is 0.669. The lowest BCUT2D eigenvalue weighted by atomic mass is 9.87. The maximum atomic E-state index is 6.53. The Morgan fingerprint density at radius 1 is 0.321 bits per heavy atom. The van der Waals surface area contributed by atoms with Gasteiger partial charge in [0.05, 0.1) is 0 Å². The monoisotopic (exact) mass is 715 g/mol. The third-order valence-electron chi connectivity index (χ3n) is 10.7. The molecular formula is C54H37NO. The summed E-state index contributed by atoms with van der Waals surface area (Å²) in [5.41, 5.74) is 14.5. The minimum Gasteiger partial charge on any atom is -0.456 e. The topological polar surface area (TPSA) is 16.4 Å². The third-order valence-corrected chi connectivity index (χ3v) is 10.7. The van der Waals surface area contributed by atoms with Crippen LogP contribution in [0.1, 0.15) is 11.1 Å². The molecule has 1 aromatic heterocycles. The zero-order valence-corrected chi connectivity index (χ0v) is 30.7. The molecule has 0 saturated carbocycles. The normalized spacial score (nSPS) is 11.5. The van der Waals surface area contributed by atoms with Crippen LogP contribution in [-0.4, -0.2) is 0 Å². The van der Waals surface area contributed by atoms with Crippen molar-refractivity contribution in [1.29, 1.82) is 0 Å². The first kappa shape index (κ1) is 33.2. The highest BCUT2D eigenvalue weighted by Crippen LogP contribution is 2.42. The van der Waals surface area contributed by atoms with Gasteiger partial charge in [0.1, 0.15) is 11.2 Å². The molecule has 9 aromatic carbocycles. The Hall–Kier alpha value is -7.42. The van der Waals surface area contributed by atoms with Gasteiger partial charge in [0.2, 0.25) is 0 Å². The van der Waals surface area contributed by atoms with E-state index in [1.807, 2.05) is 12.1 Å². The van der Waals surface area contributed by atoms with Gasteiger partial charge in [0.15, 0.2) is 0 Å². The minimum atomic E-state index is 0.867. The van der Waals surface area contributed by atoms with Crippen molar-refractivity contribution in [2.75, 3.05) is 4.90 Å². The molecule has 0 atom stereocenters. The van der Waals surface area contributed by atoms with E-state index in [0.717, 1.165) is 50.1 Å². The maximum absolute atomic E-state index is 6.53. The van der Waals surface area contributed by atoms with Crippen molar-refractivity contribution >= 4 is 61.9 Å². The van der Waals surface area contributed by atoms with Crippen LogP contribution in [0.4, 0.5) is 17.1 Å². The van der Waals surface area contributed by atoms with Crippen LogP contribution in [0.5, 0.6) is 0 Å². The van der Waals surface area contributed by atoms with Crippen LogP contribution in [0.25, 0.3) is 78.2 Å². The van der Waals surface area contributed by atoms with Crippen molar-refractivity contribution < 1.29 is 4.42 Å². The quantitative estimate of drug-likeness (QED) is 0.146. The zero-order valence-electron chi connectivity index (χ0n) is 30.7. The number of rotatable bonds is 8. The molecule has 56 heavy (non-hydrogen) atoms. The lowest BCUT2D eigenvalue weighted by Gasteiger charge is -2.25. The van der Waals surface area contributed by atoms with Crippen LogP contribution in [0.3, 0.4) is 0 Å². The summed E-state index contributed by atoms with van der Waals surface area (Å²) < 4.78 is 6.53. The van der Waals surface area contributed by atoms with E-state index in [1.54, 1.807) is 0 Å². The molecule has 1 heterocycles. The van der Waals surface area contributed by atoms with Crippen LogP contribution in [0, 0.1) is 0 Å². The standard InChI is InChI=1S/C54H37NO/c1-5-14-40(15-6-1)46-34-35-48(41-16-7-2-8-17-41)54-47(22-13-23-51(46)54)42-29-26-38(27-30-42)24-25-39-28-32-49-50-33-31-45(37-53(50)56-52(49)36-39)55(43-18-9-3-10-19-43)44-20-11-4-12-21-44/h1-37H/b25-24+. The van der Waals surface area contributed by atoms with Crippen molar-refractivity contribution in [3.8, 4) is 33.4 Å². The van der Waals surface area contributed by atoms with Crippen molar-refractivity contribution in [2.45, 2.75) is 0 Å². The summed E-state index contributed by atoms with van der Waals surface area (Å²) in [6, 6.07) is 75.4. The molecule has 10 rings (SSSR count). The Kier molecular flexibility index (Phi) is 8.55. The Morgan fingerprint density at radius 2 is 0.821 bits per heavy atom. The molecule has 2 nitrogen and oxygen atoms in total. The molecule has 0 saturated heterocycles. The molecule has 10 aromatic rings. The Bertz CT molecular complexity index is 2940. The number of fused-ring (bicyclic) bond motifs is 4. The van der Waals surface area contributed by atoms with Crippen LogP contribution in [-0.2, 0) is 0 Å². The van der Waals surface area contributed by atoms with Gasteiger partial charge in [-0.2, -0.15) is 0 Å². The van der Waals surface area contributed by atoms with E-state index in [9.17, 15) is 0 Å². The predicted octanol–water partition coefficient (Wildman–Crippen LogP) is 15.4. The van der Waals surface area contributed by atoms with Gasteiger partial charge in [0.25, 0.3) is 0 Å². The van der Waals surface area contributed by atoms with E-state index in [1.165, 1.54) is 44.2 Å². The first-order chi connectivity index (χ1) is 27.8. The highest BCUT2D eigenvalue weighted by Gasteiger charge is 2.16. The number of para-hydroxylation sites is 2. The van der Waals surface area contributed by atoms with Crippen LogP contribution >= 0.6 is 0 Å². The molecule has 0 fully saturated rings. The number of hydrogen-bond donors (Lipinski definition) is 0. The van der Waals surface area contributed by atoms with Crippen molar-refractivity contribution in [3.63, 3.8) is 0 Å². The van der Waals surface area contributed by atoms with Crippen molar-refractivity contribution in [1.82, 2.24) is 0 Å². The predicted molar refractivity (Wildman–Crippen MR) is 238 cm³/mol. The first-order valence-corrected chi connectivity index (χ1v) is 19.1. The molecule has 264 valence electrons. The summed E-state index contributed by atoms with van der Waals surface area (Å²) in [5, 5.41) is 4.73. The average molecular weight is 716 g/mol. The number of anilines is 3. The molecule has 0 amide bonds. The Balaban J connectivity index is 0.964. The zero-order chi connectivity index (χ0) is 37.3. The Labute approximate surface area is 326 Å². The smallest absolute Gasteiger partial charge is 0.137 e. The minimum absolute atomic E-state index is 0.867. The van der Waals surface area contributed by atoms with Gasteiger partial charge < -0.3 is 9.32 Å². The third kappa shape index (κ3) is 6.24. The van der Waals surface area contributed by atoms with E-state index in [0.29, 0.717) is 0 Å². The van der Waals surface area contributed by atoms with Gasteiger partial charge in [-0.1, -0.05) is 170 Å². The highest BCUT2D eigenvalue weighted by molar-refractivity contribution is 6.12. The van der Waals surface area contributed by atoms with Crippen LogP contribution in [0.15, 0.2) is 217 Å². The van der Waals surface area contributed by atoms with Gasteiger partial charge in [-0.3, -0.25) is 0 Å². The van der Waals surface area contributed by atoms with E-state index < -0.39 is 0 Å². The molecular weight excluding hydrogens is 679 g/mol. The molecule has 0 N–H and O–H groups in total. The number of furan rings is 1. The fourth-order valence-corrected chi connectivity index (χ4v) is 7.97. The van der Waals surface area contributed by atoms with Crippen molar-refractivity contribution in [2.24, 2.45) is 0 Å². The molecule has 0 bridgehead atoms. The summed E-state index contributed by atoms with van der Waals surface area (Å²) >= 11 is 0. The first-order valence-electron chi connectivity index (χ1n) is 19.1. The molecule has 0 radical (unpaired) electrons. The largest absolute Gasteiger partial charge is 0.456 e. The molecule has 0 aliphatic rings. The van der Waals surface area contributed by atoms with Gasteiger partial charge in [-0.25, -0.2) is 0 Å². The molecule has 0 aliphatic heterocycles. The van der Waals surface area contributed by atoms with E-state index in [-0.39, 0.29) is 0 Å². The van der Waals surface area contributed by atoms with E-state index in [2.05, 4.69) is 217 Å². The summed E-state index contributed by atoms with van der Waals surface area (Å²) in [6.45, 7) is 0. The Morgan fingerprint density at radius 3 is 1.48 bits per heavy atom. The van der Waals surface area contributed by atoms with E-state index in [4.69, 9.17) is 4.42 Å². The summed E-state index contributed by atoms with van der Waals surface area (Å²) in [6.07, 6.45) is 4.34. The van der Waals surface area contributed by atoms with Gasteiger partial charge in [-0.05, 0) is 104 Å². The van der Waals surface area contributed by atoms with Gasteiger partial charge in [0, 0.05) is 33.9 Å². The average Bonchev–Trinajstić information content (AvgIpc) is 3.64. The van der Waals surface area contributed by atoms with Gasteiger partial charge >= 0.3 is 0 Å². The fourth-order valence-electron chi connectivity index (χ4n) is 7.97. The number of nitrogens with zero attached hydrogens (tertiary/aromatic N) is 1. The molecule has 0 aliphatic carbocycles. The summed E-state index contributed by atoms with van der Waals surface area (Å²) in [5.74, 6) is 0. The second-order valence-corrected chi connectivity index (χ2v) is 14.1. The van der Waals surface area contributed by atoms with Crippen molar-refractivity contribution in [3.05, 3.63) is 223 Å². The number of hydrogen-bond acceptors (Lipinski definition) is 2. The molecule has 0 spiro atoms. The second kappa shape index (κ2) is 14.4. The molecule has 0 unspecified atom stereocenters. The van der Waals surface area contributed by atoms with E-state index >= 15 is 0 Å². The second-order valence-electron chi connectivity index (χ2n) is 14.1. The number of benzene rings is 9. The fraction of sp³-hybridized carbons (Fsp3) is 0. The lowest BCUT2D eigenvalue weighted by Crippen LogP contribution is -2.09.